The lowest BCUT2D eigenvalue weighted by Gasteiger charge is -2.22. The molecule has 3 aromatic rings. The molecule has 1 aromatic heterocycles. The molecule has 9 heteroatoms. The lowest BCUT2D eigenvalue weighted by Crippen LogP contribution is -2.38. The Morgan fingerprint density at radius 2 is 1.86 bits per heavy atom. The monoisotopic (exact) mass is 416 g/mol. The molecule has 0 saturated carbocycles. The first kappa shape index (κ1) is 20.6. The first-order chi connectivity index (χ1) is 13.8. The standard InChI is InChI=1S/C20H20N2O6S/c1-20(24,18-8-12-6-4-5-7-17(12)29-18)11-21-19(23)13-9-15(27-2)16(28-3)10-14(13)22(25)26/h4-10,24H,11H2,1-3H3,(H,21,23). The summed E-state index contributed by atoms with van der Waals surface area (Å²) >= 11 is 1.42. The molecule has 1 unspecified atom stereocenters. The van der Waals surface area contributed by atoms with Crippen LogP contribution < -0.4 is 14.8 Å². The quantitative estimate of drug-likeness (QED) is 0.451. The number of carbonyl (C=O) groups is 1. The Bertz CT molecular complexity index is 1040. The number of fused-ring (bicyclic) bond motifs is 1. The van der Waals surface area contributed by atoms with Crippen molar-refractivity contribution in [1.82, 2.24) is 5.32 Å². The Morgan fingerprint density at radius 1 is 1.21 bits per heavy atom. The summed E-state index contributed by atoms with van der Waals surface area (Å²) in [5.74, 6) is -0.355. The molecule has 0 spiro atoms. The van der Waals surface area contributed by atoms with Crippen molar-refractivity contribution >= 4 is 33.0 Å². The average molecular weight is 416 g/mol. The third-order valence-electron chi connectivity index (χ3n) is 4.49. The van der Waals surface area contributed by atoms with Crippen LogP contribution in [0, 0.1) is 10.1 Å². The van der Waals surface area contributed by atoms with Gasteiger partial charge in [0, 0.05) is 15.6 Å². The summed E-state index contributed by atoms with van der Waals surface area (Å²) in [7, 11) is 2.72. The molecule has 0 aliphatic carbocycles. The number of nitrogens with zero attached hydrogens (tertiary/aromatic N) is 1. The zero-order valence-corrected chi connectivity index (χ0v) is 16.9. The van der Waals surface area contributed by atoms with Gasteiger partial charge in [0.1, 0.15) is 11.2 Å². The molecule has 0 saturated heterocycles. The summed E-state index contributed by atoms with van der Waals surface area (Å²) in [6.45, 7) is 1.46. The largest absolute Gasteiger partial charge is 0.493 e. The molecule has 0 fully saturated rings. The van der Waals surface area contributed by atoms with E-state index in [0.29, 0.717) is 4.88 Å². The summed E-state index contributed by atoms with van der Waals surface area (Å²) in [4.78, 5) is 24.1. The van der Waals surface area contributed by atoms with E-state index in [9.17, 15) is 20.0 Å². The second-order valence-corrected chi connectivity index (χ2v) is 7.67. The fourth-order valence-electron chi connectivity index (χ4n) is 2.88. The van der Waals surface area contributed by atoms with Crippen LogP contribution in [0.1, 0.15) is 22.2 Å². The number of aliphatic hydroxyl groups is 1. The van der Waals surface area contributed by atoms with Crippen LogP contribution in [0.25, 0.3) is 10.1 Å². The van der Waals surface area contributed by atoms with E-state index >= 15 is 0 Å². The average Bonchev–Trinajstić information content (AvgIpc) is 3.16. The first-order valence-electron chi connectivity index (χ1n) is 8.67. The number of rotatable bonds is 7. The van der Waals surface area contributed by atoms with Crippen molar-refractivity contribution in [1.29, 1.82) is 0 Å². The van der Waals surface area contributed by atoms with Gasteiger partial charge in [0.05, 0.1) is 31.8 Å². The van der Waals surface area contributed by atoms with Crippen molar-refractivity contribution in [3.8, 4) is 11.5 Å². The normalized spacial score (nSPS) is 13.0. The van der Waals surface area contributed by atoms with Crippen LogP contribution >= 0.6 is 11.3 Å². The minimum atomic E-state index is -1.34. The summed E-state index contributed by atoms with van der Waals surface area (Å²) in [6.07, 6.45) is 0. The third-order valence-corrected chi connectivity index (χ3v) is 5.86. The van der Waals surface area contributed by atoms with E-state index in [4.69, 9.17) is 9.47 Å². The molecule has 8 nitrogen and oxygen atoms in total. The molecular formula is C20H20N2O6S. The Balaban J connectivity index is 1.85. The Hall–Kier alpha value is -3.17. The van der Waals surface area contributed by atoms with Gasteiger partial charge in [0.2, 0.25) is 0 Å². The zero-order valence-electron chi connectivity index (χ0n) is 16.1. The van der Waals surface area contributed by atoms with E-state index < -0.39 is 22.1 Å². The SMILES string of the molecule is COc1cc(C(=O)NCC(C)(O)c2cc3ccccc3s2)c([N+](=O)[O-])cc1OC. The van der Waals surface area contributed by atoms with Crippen molar-refractivity contribution in [2.24, 2.45) is 0 Å². The number of thiophene rings is 1. The molecule has 0 aliphatic heterocycles. The van der Waals surface area contributed by atoms with Crippen molar-refractivity contribution in [2.75, 3.05) is 20.8 Å². The highest BCUT2D eigenvalue weighted by molar-refractivity contribution is 7.19. The molecule has 2 aromatic carbocycles. The van der Waals surface area contributed by atoms with Gasteiger partial charge in [0.25, 0.3) is 11.6 Å². The summed E-state index contributed by atoms with van der Waals surface area (Å²) in [5.41, 5.74) is -1.94. The molecule has 1 atom stereocenters. The molecule has 2 N–H and O–H groups in total. The minimum Gasteiger partial charge on any atom is -0.493 e. The van der Waals surface area contributed by atoms with Crippen LogP contribution in [-0.2, 0) is 5.60 Å². The van der Waals surface area contributed by atoms with Crippen LogP contribution in [0.15, 0.2) is 42.5 Å². The van der Waals surface area contributed by atoms with E-state index in [1.165, 1.54) is 31.6 Å². The number of nitrogens with one attached hydrogen (secondary N) is 1. The fourth-order valence-corrected chi connectivity index (χ4v) is 3.99. The number of hydrogen-bond donors (Lipinski definition) is 2. The zero-order chi connectivity index (χ0) is 21.2. The second kappa shape index (κ2) is 8.06. The predicted molar refractivity (Wildman–Crippen MR) is 110 cm³/mol. The van der Waals surface area contributed by atoms with Gasteiger partial charge in [-0.05, 0) is 24.4 Å². The van der Waals surface area contributed by atoms with Gasteiger partial charge >= 0.3 is 0 Å². The highest BCUT2D eigenvalue weighted by Crippen LogP contribution is 2.35. The molecule has 152 valence electrons. The van der Waals surface area contributed by atoms with Gasteiger partial charge in [-0.3, -0.25) is 14.9 Å². The maximum absolute atomic E-state index is 12.7. The van der Waals surface area contributed by atoms with E-state index in [1.54, 1.807) is 6.92 Å². The number of methoxy groups -OCH3 is 2. The maximum Gasteiger partial charge on any atom is 0.286 e. The van der Waals surface area contributed by atoms with Gasteiger partial charge in [-0.25, -0.2) is 0 Å². The van der Waals surface area contributed by atoms with Crippen LogP contribution in [0.4, 0.5) is 5.69 Å². The van der Waals surface area contributed by atoms with Crippen LogP contribution in [0.2, 0.25) is 0 Å². The number of carbonyl (C=O) groups excluding carboxylic acids is 1. The highest BCUT2D eigenvalue weighted by atomic mass is 32.1. The third kappa shape index (κ3) is 4.15. The van der Waals surface area contributed by atoms with Crippen molar-refractivity contribution < 1.29 is 24.3 Å². The number of ether oxygens (including phenoxy) is 2. The van der Waals surface area contributed by atoms with E-state index in [-0.39, 0.29) is 23.6 Å². The minimum absolute atomic E-state index is 0.121. The lowest BCUT2D eigenvalue weighted by atomic mass is 10.0. The smallest absolute Gasteiger partial charge is 0.286 e. The van der Waals surface area contributed by atoms with Crippen LogP contribution in [0.5, 0.6) is 11.5 Å². The lowest BCUT2D eigenvalue weighted by molar-refractivity contribution is -0.385. The van der Waals surface area contributed by atoms with Crippen molar-refractivity contribution in [2.45, 2.75) is 12.5 Å². The van der Waals surface area contributed by atoms with E-state index in [2.05, 4.69) is 5.32 Å². The van der Waals surface area contributed by atoms with E-state index in [1.807, 2.05) is 30.3 Å². The highest BCUT2D eigenvalue weighted by Gasteiger charge is 2.29. The van der Waals surface area contributed by atoms with Gasteiger partial charge in [0.15, 0.2) is 11.5 Å². The Kier molecular flexibility index (Phi) is 5.71. The van der Waals surface area contributed by atoms with Crippen LogP contribution in [0.3, 0.4) is 0 Å². The van der Waals surface area contributed by atoms with Gasteiger partial charge in [-0.2, -0.15) is 0 Å². The first-order valence-corrected chi connectivity index (χ1v) is 9.48. The Labute approximate surface area is 170 Å². The molecule has 3 rings (SSSR count). The number of nitro groups is 1. The topological polar surface area (TPSA) is 111 Å². The van der Waals surface area contributed by atoms with Crippen molar-refractivity contribution in [3.05, 3.63) is 63.0 Å². The maximum atomic E-state index is 12.7. The van der Waals surface area contributed by atoms with Gasteiger partial charge in [-0.15, -0.1) is 11.3 Å². The van der Waals surface area contributed by atoms with Crippen LogP contribution in [-0.4, -0.2) is 36.7 Å². The molecule has 0 aliphatic rings. The Morgan fingerprint density at radius 3 is 2.48 bits per heavy atom. The van der Waals surface area contributed by atoms with E-state index in [0.717, 1.165) is 16.2 Å². The fraction of sp³-hybridized carbons (Fsp3) is 0.250. The molecule has 0 radical (unpaired) electrons. The molecular weight excluding hydrogens is 396 g/mol. The predicted octanol–water partition coefficient (Wildman–Crippen LogP) is 3.46. The van der Waals surface area contributed by atoms with Crippen molar-refractivity contribution in [3.63, 3.8) is 0 Å². The summed E-state index contributed by atoms with van der Waals surface area (Å²) < 4.78 is 11.2. The number of amides is 1. The molecule has 0 bridgehead atoms. The molecule has 1 heterocycles. The number of nitro benzene ring substituents is 1. The molecule has 29 heavy (non-hydrogen) atoms. The molecule has 1 amide bonds. The second-order valence-electron chi connectivity index (χ2n) is 6.59. The summed E-state index contributed by atoms with van der Waals surface area (Å²) in [5, 5.41) is 25.8. The van der Waals surface area contributed by atoms with Gasteiger partial charge in [-0.1, -0.05) is 18.2 Å². The number of benzene rings is 2. The number of hydrogen-bond acceptors (Lipinski definition) is 7. The van der Waals surface area contributed by atoms with Gasteiger partial charge < -0.3 is 19.9 Å². The summed E-state index contributed by atoms with van der Waals surface area (Å²) in [6, 6.07) is 12.0.